The van der Waals surface area contributed by atoms with Gasteiger partial charge in [-0.3, -0.25) is 9.78 Å². The lowest BCUT2D eigenvalue weighted by Crippen LogP contribution is -2.14. The quantitative estimate of drug-likeness (QED) is 0.535. The molecule has 0 saturated heterocycles. The number of nitrogens with zero attached hydrogens (tertiary/aromatic N) is 1. The van der Waals surface area contributed by atoms with Crippen LogP contribution in [0.3, 0.4) is 0 Å². The average Bonchev–Trinajstić information content (AvgIpc) is 2.69. The lowest BCUT2D eigenvalue weighted by Gasteiger charge is -2.09. The summed E-state index contributed by atoms with van der Waals surface area (Å²) in [4.78, 5) is 16.7. The maximum absolute atomic E-state index is 12.4. The van der Waals surface area contributed by atoms with E-state index in [1.165, 1.54) is 0 Å². The van der Waals surface area contributed by atoms with Crippen molar-refractivity contribution in [3.05, 3.63) is 96.7 Å². The maximum Gasteiger partial charge on any atom is 0.228 e. The molecule has 1 heterocycles. The average molecular weight is 354 g/mol. The third kappa shape index (κ3) is 4.30. The number of hydrogen-bond acceptors (Lipinski definition) is 3. The van der Waals surface area contributed by atoms with Crippen molar-refractivity contribution in [2.24, 2.45) is 0 Å². The van der Waals surface area contributed by atoms with Crippen molar-refractivity contribution < 1.29 is 9.53 Å². The van der Waals surface area contributed by atoms with E-state index in [1.807, 2.05) is 84.9 Å². The van der Waals surface area contributed by atoms with Gasteiger partial charge in [-0.05, 0) is 54.1 Å². The minimum Gasteiger partial charge on any atom is -0.457 e. The van der Waals surface area contributed by atoms with E-state index in [0.717, 1.165) is 27.9 Å². The number of ether oxygens (including phenoxy) is 1. The summed E-state index contributed by atoms with van der Waals surface area (Å²) in [5, 5.41) is 3.94. The first-order valence-electron chi connectivity index (χ1n) is 8.73. The molecule has 0 saturated carbocycles. The number of benzene rings is 3. The summed E-state index contributed by atoms with van der Waals surface area (Å²) in [5.41, 5.74) is 2.56. The molecule has 0 fully saturated rings. The first-order valence-corrected chi connectivity index (χ1v) is 8.73. The summed E-state index contributed by atoms with van der Waals surface area (Å²) in [7, 11) is 0. The Morgan fingerprint density at radius 2 is 1.70 bits per heavy atom. The molecular weight excluding hydrogens is 336 g/mol. The van der Waals surface area contributed by atoms with Crippen LogP contribution in [-0.2, 0) is 11.2 Å². The molecule has 0 radical (unpaired) electrons. The molecule has 0 aliphatic rings. The van der Waals surface area contributed by atoms with E-state index in [-0.39, 0.29) is 12.3 Å². The highest BCUT2D eigenvalue weighted by Gasteiger charge is 2.07. The second kappa shape index (κ2) is 7.70. The highest BCUT2D eigenvalue weighted by molar-refractivity contribution is 5.94. The lowest BCUT2D eigenvalue weighted by molar-refractivity contribution is -0.115. The number of carbonyl (C=O) groups is 1. The van der Waals surface area contributed by atoms with Gasteiger partial charge in [-0.25, -0.2) is 0 Å². The third-order valence-electron chi connectivity index (χ3n) is 4.13. The minimum atomic E-state index is -0.0740. The van der Waals surface area contributed by atoms with Crippen LogP contribution in [0, 0.1) is 0 Å². The molecule has 0 unspecified atom stereocenters. The molecule has 1 N–H and O–H groups in total. The smallest absolute Gasteiger partial charge is 0.228 e. The Morgan fingerprint density at radius 3 is 2.59 bits per heavy atom. The van der Waals surface area contributed by atoms with E-state index >= 15 is 0 Å². The number of nitrogens with one attached hydrogen (secondary N) is 1. The second-order valence-electron chi connectivity index (χ2n) is 6.20. The molecule has 4 rings (SSSR count). The summed E-state index contributed by atoms with van der Waals surface area (Å²) in [6.45, 7) is 0. The van der Waals surface area contributed by atoms with E-state index < -0.39 is 0 Å². The molecule has 0 aliphatic carbocycles. The van der Waals surface area contributed by atoms with Gasteiger partial charge in [0.05, 0.1) is 11.9 Å². The summed E-state index contributed by atoms with van der Waals surface area (Å²) in [6.07, 6.45) is 2.03. The van der Waals surface area contributed by atoms with Crippen LogP contribution in [0.1, 0.15) is 5.56 Å². The Hall–Kier alpha value is -3.66. The van der Waals surface area contributed by atoms with Crippen LogP contribution in [-0.4, -0.2) is 10.9 Å². The van der Waals surface area contributed by atoms with Gasteiger partial charge >= 0.3 is 0 Å². The number of aromatic nitrogens is 1. The van der Waals surface area contributed by atoms with Crippen LogP contribution in [0.4, 0.5) is 5.69 Å². The minimum absolute atomic E-state index is 0.0740. The number of carbonyl (C=O) groups excluding carboxylic acids is 1. The fourth-order valence-corrected chi connectivity index (χ4v) is 2.89. The predicted octanol–water partition coefficient (Wildman–Crippen LogP) is 5.21. The van der Waals surface area contributed by atoms with Gasteiger partial charge in [0.15, 0.2) is 0 Å². The number of pyridine rings is 1. The highest BCUT2D eigenvalue weighted by atomic mass is 16.5. The van der Waals surface area contributed by atoms with Crippen molar-refractivity contribution in [3.63, 3.8) is 0 Å². The van der Waals surface area contributed by atoms with Crippen molar-refractivity contribution in [2.45, 2.75) is 6.42 Å². The standard InChI is InChI=1S/C23H18N2O2/c26-23(25-19-11-12-22-18(16-19)7-5-13-24-22)15-17-6-4-10-21(14-17)27-20-8-2-1-3-9-20/h1-14,16H,15H2,(H,25,26). The van der Waals surface area contributed by atoms with Gasteiger partial charge in [-0.15, -0.1) is 0 Å². The van der Waals surface area contributed by atoms with Crippen LogP contribution in [0.15, 0.2) is 91.1 Å². The fraction of sp³-hybridized carbons (Fsp3) is 0.0435. The summed E-state index contributed by atoms with van der Waals surface area (Å²) >= 11 is 0. The first-order chi connectivity index (χ1) is 13.3. The van der Waals surface area contributed by atoms with Gasteiger partial charge in [-0.1, -0.05) is 36.4 Å². The van der Waals surface area contributed by atoms with E-state index in [9.17, 15) is 4.79 Å². The summed E-state index contributed by atoms with van der Waals surface area (Å²) in [5.74, 6) is 1.40. The van der Waals surface area contributed by atoms with Crippen molar-refractivity contribution in [1.82, 2.24) is 4.98 Å². The van der Waals surface area contributed by atoms with Gasteiger partial charge in [0.2, 0.25) is 5.91 Å². The summed E-state index contributed by atoms with van der Waals surface area (Å²) in [6, 6.07) is 26.7. The fourth-order valence-electron chi connectivity index (χ4n) is 2.89. The Morgan fingerprint density at radius 1 is 0.852 bits per heavy atom. The Kier molecular flexibility index (Phi) is 4.79. The molecule has 4 nitrogen and oxygen atoms in total. The molecule has 1 amide bonds. The number of amides is 1. The normalized spacial score (nSPS) is 10.5. The zero-order valence-electron chi connectivity index (χ0n) is 14.6. The van der Waals surface area contributed by atoms with Crippen LogP contribution in [0.5, 0.6) is 11.5 Å². The number of para-hydroxylation sites is 1. The highest BCUT2D eigenvalue weighted by Crippen LogP contribution is 2.22. The first kappa shape index (κ1) is 16.8. The molecule has 0 atom stereocenters. The van der Waals surface area contributed by atoms with E-state index in [2.05, 4.69) is 10.3 Å². The topological polar surface area (TPSA) is 51.2 Å². The molecule has 0 bridgehead atoms. The van der Waals surface area contributed by atoms with E-state index in [4.69, 9.17) is 4.74 Å². The molecular formula is C23H18N2O2. The molecule has 1 aromatic heterocycles. The van der Waals surface area contributed by atoms with Crippen molar-refractivity contribution >= 4 is 22.5 Å². The molecule has 4 heteroatoms. The molecule has 4 aromatic rings. The maximum atomic E-state index is 12.4. The number of fused-ring (bicyclic) bond motifs is 1. The van der Waals surface area contributed by atoms with Gasteiger partial charge in [0.1, 0.15) is 11.5 Å². The van der Waals surface area contributed by atoms with Gasteiger partial charge < -0.3 is 10.1 Å². The third-order valence-corrected chi connectivity index (χ3v) is 4.13. The largest absolute Gasteiger partial charge is 0.457 e. The molecule has 0 spiro atoms. The van der Waals surface area contributed by atoms with E-state index in [1.54, 1.807) is 6.20 Å². The predicted molar refractivity (Wildman–Crippen MR) is 107 cm³/mol. The zero-order chi connectivity index (χ0) is 18.5. The number of rotatable bonds is 5. The molecule has 3 aromatic carbocycles. The Bertz CT molecular complexity index is 1080. The Balaban J connectivity index is 1.43. The van der Waals surface area contributed by atoms with Crippen molar-refractivity contribution in [2.75, 3.05) is 5.32 Å². The number of anilines is 1. The van der Waals surface area contributed by atoms with Crippen LogP contribution in [0.25, 0.3) is 10.9 Å². The summed E-state index contributed by atoms with van der Waals surface area (Å²) < 4.78 is 5.83. The van der Waals surface area contributed by atoms with Crippen LogP contribution in [0.2, 0.25) is 0 Å². The van der Waals surface area contributed by atoms with Gasteiger partial charge in [-0.2, -0.15) is 0 Å². The van der Waals surface area contributed by atoms with Crippen LogP contribution >= 0.6 is 0 Å². The van der Waals surface area contributed by atoms with Gasteiger partial charge in [0, 0.05) is 17.3 Å². The number of hydrogen-bond donors (Lipinski definition) is 1. The SMILES string of the molecule is O=C(Cc1cccc(Oc2ccccc2)c1)Nc1ccc2ncccc2c1. The lowest BCUT2D eigenvalue weighted by atomic mass is 10.1. The molecule has 27 heavy (non-hydrogen) atoms. The Labute approximate surface area is 157 Å². The van der Waals surface area contributed by atoms with Crippen LogP contribution < -0.4 is 10.1 Å². The van der Waals surface area contributed by atoms with Crippen molar-refractivity contribution in [1.29, 1.82) is 0 Å². The second-order valence-corrected chi connectivity index (χ2v) is 6.20. The van der Waals surface area contributed by atoms with Crippen molar-refractivity contribution in [3.8, 4) is 11.5 Å². The monoisotopic (exact) mass is 354 g/mol. The van der Waals surface area contributed by atoms with E-state index in [0.29, 0.717) is 5.75 Å². The molecule has 0 aliphatic heterocycles. The molecule has 132 valence electrons. The zero-order valence-corrected chi connectivity index (χ0v) is 14.6. The van der Waals surface area contributed by atoms with Gasteiger partial charge in [0.25, 0.3) is 0 Å².